The fourth-order valence-corrected chi connectivity index (χ4v) is 8.97. The Hall–Kier alpha value is -9.23. The molecule has 3 aromatic heterocycles. The lowest BCUT2D eigenvalue weighted by atomic mass is 9.98. The second-order valence-corrected chi connectivity index (χ2v) is 15.5. The molecule has 10 aromatic rings. The normalized spacial score (nSPS) is 11.7. The third-order valence-corrected chi connectivity index (χ3v) is 12.1. The Bertz CT molecular complexity index is 3680. The lowest BCUT2D eigenvalue weighted by Gasteiger charge is -2.15. The highest BCUT2D eigenvalue weighted by molar-refractivity contribution is 7.26. The molecule has 3 heterocycles. The van der Waals surface area contributed by atoms with Crippen molar-refractivity contribution in [3.8, 4) is 137 Å². The van der Waals surface area contributed by atoms with E-state index in [9.17, 15) is 71.5 Å². The molecule has 19 heteroatoms. The van der Waals surface area contributed by atoms with Crippen LogP contribution in [0.15, 0.2) is 83.3 Å². The monoisotopic (exact) mass is 881 g/mol. The fourth-order valence-electron chi connectivity index (χ4n) is 7.77. The van der Waals surface area contributed by atoms with Crippen LogP contribution in [0.25, 0.3) is 98.5 Å². The lowest BCUT2D eigenvalue weighted by Crippen LogP contribution is -2.01. The summed E-state index contributed by atoms with van der Waals surface area (Å²) in [6.07, 6.45) is 0. The highest BCUT2D eigenvalue weighted by Crippen LogP contribution is 2.61. The van der Waals surface area contributed by atoms with Gasteiger partial charge in [-0.2, -0.15) is 0 Å². The zero-order valence-corrected chi connectivity index (χ0v) is 32.7. The molecule has 0 radical (unpaired) electrons. The molecular formula is C45H27N3O15S. The molecule has 0 atom stereocenters. The van der Waals surface area contributed by atoms with Gasteiger partial charge in [0.15, 0.2) is 63.1 Å². The molecule has 18 nitrogen and oxygen atoms in total. The molecule has 0 amide bonds. The number of thiophene rings is 1. The van der Waals surface area contributed by atoms with Crippen LogP contribution in [-0.4, -0.2) is 86.4 Å². The maximum absolute atomic E-state index is 11.9. The first-order valence-corrected chi connectivity index (χ1v) is 19.4. The number of aromatic hydroxyl groups is 14. The van der Waals surface area contributed by atoms with E-state index in [2.05, 4.69) is 15.0 Å². The first-order chi connectivity index (χ1) is 30.6. The predicted molar refractivity (Wildman–Crippen MR) is 230 cm³/mol. The third-order valence-electron chi connectivity index (χ3n) is 10.9. The molecule has 0 aliphatic heterocycles. The Kier molecular flexibility index (Phi) is 8.30. The molecule has 0 aliphatic rings. The second-order valence-electron chi connectivity index (χ2n) is 14.5. The summed E-state index contributed by atoms with van der Waals surface area (Å²) in [7, 11) is 0. The Labute approximate surface area is 359 Å². The van der Waals surface area contributed by atoms with Crippen molar-refractivity contribution in [2.45, 2.75) is 0 Å². The molecule has 318 valence electrons. The highest BCUT2D eigenvalue weighted by Gasteiger charge is 2.34. The lowest BCUT2D eigenvalue weighted by molar-refractivity contribution is 0.348. The molecule has 14 N–H and O–H groups in total. The highest BCUT2D eigenvalue weighted by atomic mass is 32.1. The second kappa shape index (κ2) is 13.6. The zero-order valence-electron chi connectivity index (χ0n) is 31.9. The Morgan fingerprint density at radius 3 is 1.34 bits per heavy atom. The standard InChI is InChI=1S/C45H27N3O15S/c49-25-20-21-26(50)30(54)33(57)36(60)40(21)63-39(20)35(59)29(53)24(25)45-47-43(18-11-5-10-17(13-18)16-9-4-8-15(12-16)14-6-2-1-3-7-14)46-44(48-45)23-19-22-27(51)31(55)34(58)38(62)42(22)64-41(19)37(61)32(56)28(23)52/h1-13,49-62H. The van der Waals surface area contributed by atoms with Crippen LogP contribution in [0.5, 0.6) is 80.5 Å². The predicted octanol–water partition coefficient (Wildman–Crippen LogP) is 8.35. The molecule has 0 saturated heterocycles. The van der Waals surface area contributed by atoms with E-state index in [0.29, 0.717) is 16.9 Å². The van der Waals surface area contributed by atoms with E-state index in [1.165, 1.54) is 0 Å². The molecule has 0 aliphatic carbocycles. The zero-order chi connectivity index (χ0) is 45.2. The minimum atomic E-state index is -1.23. The molecule has 0 saturated carbocycles. The maximum atomic E-state index is 11.9. The fraction of sp³-hybridized carbons (Fsp3) is 0. The summed E-state index contributed by atoms with van der Waals surface area (Å²) in [5.74, 6) is -17.1. The van der Waals surface area contributed by atoms with E-state index in [1.54, 1.807) is 24.3 Å². The quantitative estimate of drug-likeness (QED) is 0.0570. The van der Waals surface area contributed by atoms with Gasteiger partial charge in [0.05, 0.1) is 31.1 Å². The van der Waals surface area contributed by atoms with Crippen LogP contribution in [0.1, 0.15) is 0 Å². The van der Waals surface area contributed by atoms with E-state index in [1.807, 2.05) is 54.6 Å². The largest absolute Gasteiger partial charge is 0.506 e. The first kappa shape index (κ1) is 38.9. The maximum Gasteiger partial charge on any atom is 0.208 e. The van der Waals surface area contributed by atoms with Crippen LogP contribution in [-0.2, 0) is 0 Å². The number of benzene rings is 7. The average molecular weight is 882 g/mol. The average Bonchev–Trinajstić information content (AvgIpc) is 3.92. The number of hydrogen-bond acceptors (Lipinski definition) is 19. The summed E-state index contributed by atoms with van der Waals surface area (Å²) in [6.45, 7) is 0. The van der Waals surface area contributed by atoms with Crippen molar-refractivity contribution in [3.05, 3.63) is 78.9 Å². The topological polar surface area (TPSA) is 335 Å². The van der Waals surface area contributed by atoms with Crippen molar-refractivity contribution in [3.63, 3.8) is 0 Å². The van der Waals surface area contributed by atoms with Crippen molar-refractivity contribution in [1.29, 1.82) is 0 Å². The van der Waals surface area contributed by atoms with Crippen LogP contribution < -0.4 is 0 Å². The smallest absolute Gasteiger partial charge is 0.208 e. The molecule has 64 heavy (non-hydrogen) atoms. The molecule has 0 spiro atoms. The molecule has 0 fully saturated rings. The first-order valence-electron chi connectivity index (χ1n) is 18.6. The summed E-state index contributed by atoms with van der Waals surface area (Å²) in [6, 6.07) is 23.9. The number of nitrogens with zero attached hydrogens (tertiary/aromatic N) is 3. The van der Waals surface area contributed by atoms with Gasteiger partial charge in [0.2, 0.25) is 40.2 Å². The molecule has 10 rings (SSSR count). The van der Waals surface area contributed by atoms with Crippen molar-refractivity contribution < 1.29 is 75.9 Å². The minimum Gasteiger partial charge on any atom is -0.506 e. The van der Waals surface area contributed by atoms with Gasteiger partial charge in [0.25, 0.3) is 0 Å². The molecular weight excluding hydrogens is 855 g/mol. The van der Waals surface area contributed by atoms with Crippen molar-refractivity contribution in [2.24, 2.45) is 0 Å². The summed E-state index contributed by atoms with van der Waals surface area (Å²) in [5.41, 5.74) is 0.593. The number of phenolic OH excluding ortho intramolecular Hbond substituents is 14. The van der Waals surface area contributed by atoms with Crippen LogP contribution in [0.4, 0.5) is 0 Å². The minimum absolute atomic E-state index is 0.227. The van der Waals surface area contributed by atoms with Crippen molar-refractivity contribution in [2.75, 3.05) is 0 Å². The van der Waals surface area contributed by atoms with Gasteiger partial charge < -0.3 is 75.9 Å². The molecule has 7 aromatic carbocycles. The Balaban J connectivity index is 1.30. The van der Waals surface area contributed by atoms with Crippen LogP contribution >= 0.6 is 11.3 Å². The van der Waals surface area contributed by atoms with Gasteiger partial charge >= 0.3 is 0 Å². The third kappa shape index (κ3) is 5.34. The van der Waals surface area contributed by atoms with Crippen LogP contribution in [0.3, 0.4) is 0 Å². The van der Waals surface area contributed by atoms with Gasteiger partial charge in [0, 0.05) is 10.9 Å². The van der Waals surface area contributed by atoms with Crippen molar-refractivity contribution in [1.82, 2.24) is 15.0 Å². The van der Waals surface area contributed by atoms with E-state index in [-0.39, 0.29) is 26.2 Å². The van der Waals surface area contributed by atoms with Crippen LogP contribution in [0.2, 0.25) is 0 Å². The van der Waals surface area contributed by atoms with Crippen molar-refractivity contribution >= 4 is 53.4 Å². The van der Waals surface area contributed by atoms with E-state index in [0.717, 1.165) is 16.7 Å². The van der Waals surface area contributed by atoms with Gasteiger partial charge in [0.1, 0.15) is 11.3 Å². The number of phenols is 14. The summed E-state index contributed by atoms with van der Waals surface area (Å²) in [4.78, 5) is 13.5. The number of hydrogen-bond donors (Lipinski definition) is 14. The summed E-state index contributed by atoms with van der Waals surface area (Å²) in [5, 5.41) is 151. The Morgan fingerprint density at radius 1 is 0.312 bits per heavy atom. The number of rotatable bonds is 5. The summed E-state index contributed by atoms with van der Waals surface area (Å²) >= 11 is 0.520. The van der Waals surface area contributed by atoms with Gasteiger partial charge in [-0.25, -0.2) is 15.0 Å². The number of fused-ring (bicyclic) bond motifs is 6. The van der Waals surface area contributed by atoms with Gasteiger partial charge in [-0.1, -0.05) is 66.7 Å². The number of aromatic nitrogens is 3. The molecule has 0 unspecified atom stereocenters. The Morgan fingerprint density at radius 2 is 0.719 bits per heavy atom. The van der Waals surface area contributed by atoms with Gasteiger partial charge in [-0.3, -0.25) is 0 Å². The molecule has 0 bridgehead atoms. The van der Waals surface area contributed by atoms with E-state index >= 15 is 0 Å². The van der Waals surface area contributed by atoms with Gasteiger partial charge in [-0.05, 0) is 34.4 Å². The summed E-state index contributed by atoms with van der Waals surface area (Å²) < 4.78 is 4.79. The van der Waals surface area contributed by atoms with Gasteiger partial charge in [-0.15, -0.1) is 11.3 Å². The van der Waals surface area contributed by atoms with Crippen LogP contribution in [0, 0.1) is 0 Å². The van der Waals surface area contributed by atoms with E-state index in [4.69, 9.17) is 4.42 Å². The SMILES string of the molecule is Oc1c(O)c(O)c2c(oc3c(O)c(O)c(-c4nc(-c5cccc(-c6cccc(-c7ccccc7)c6)c5)nc(-c5c(O)c(O)c(O)c6sc7c(O)c(O)c(O)c(O)c7c56)n4)c(O)c32)c1O. The number of furan rings is 1. The van der Waals surface area contributed by atoms with E-state index < -0.39 is 131 Å².